The molecule has 0 unspecified atom stereocenters. The van der Waals surface area contributed by atoms with Crippen LogP contribution in [-0.4, -0.2) is 31.4 Å². The van der Waals surface area contributed by atoms with Gasteiger partial charge in [-0.3, -0.25) is 9.59 Å². The second-order valence-electron chi connectivity index (χ2n) is 4.14. The number of hydrogen-bond donors (Lipinski definition) is 2. The van der Waals surface area contributed by atoms with Gasteiger partial charge in [0, 0.05) is 12.2 Å². The van der Waals surface area contributed by atoms with Crippen molar-refractivity contribution in [3.8, 4) is 0 Å². The van der Waals surface area contributed by atoms with Crippen molar-refractivity contribution in [3.05, 3.63) is 29.8 Å². The molecule has 20 heavy (non-hydrogen) atoms. The van der Waals surface area contributed by atoms with E-state index in [1.807, 2.05) is 6.92 Å². The number of hydrogen-bond acceptors (Lipinski definition) is 4. The summed E-state index contributed by atoms with van der Waals surface area (Å²) in [6.07, 6.45) is 0.598. The number of ether oxygens (including phenoxy) is 1. The molecule has 0 bridgehead atoms. The highest BCUT2D eigenvalue weighted by molar-refractivity contribution is 6.03. The van der Waals surface area contributed by atoms with Crippen LogP contribution < -0.4 is 10.6 Å². The molecule has 0 radical (unpaired) electrons. The third-order valence-corrected chi connectivity index (χ3v) is 2.48. The van der Waals surface area contributed by atoms with Gasteiger partial charge >= 0.3 is 5.97 Å². The zero-order valence-electron chi connectivity index (χ0n) is 11.6. The Hall–Kier alpha value is -2.37. The van der Waals surface area contributed by atoms with Crippen LogP contribution in [0.5, 0.6) is 0 Å². The fourth-order valence-electron chi connectivity index (χ4n) is 1.49. The van der Waals surface area contributed by atoms with E-state index in [0.717, 1.165) is 6.42 Å². The number of carbonyl (C=O) groups is 3. The first-order valence-electron chi connectivity index (χ1n) is 6.31. The molecule has 0 aliphatic carbocycles. The minimum absolute atomic E-state index is 0.223. The van der Waals surface area contributed by atoms with Crippen molar-refractivity contribution in [1.29, 1.82) is 0 Å². The van der Waals surface area contributed by atoms with E-state index in [0.29, 0.717) is 17.8 Å². The number of esters is 1. The summed E-state index contributed by atoms with van der Waals surface area (Å²) in [5.74, 6) is -1.15. The predicted octanol–water partition coefficient (Wildman–Crippen LogP) is 1.33. The average molecular weight is 278 g/mol. The maximum atomic E-state index is 11.6. The third-order valence-electron chi connectivity index (χ3n) is 2.48. The molecule has 0 aliphatic rings. The molecule has 2 amide bonds. The van der Waals surface area contributed by atoms with E-state index in [9.17, 15) is 14.4 Å². The highest BCUT2D eigenvalue weighted by atomic mass is 16.5. The maximum absolute atomic E-state index is 11.6. The zero-order chi connectivity index (χ0) is 15.0. The first-order valence-corrected chi connectivity index (χ1v) is 6.31. The third kappa shape index (κ3) is 5.09. The van der Waals surface area contributed by atoms with Gasteiger partial charge in [0.1, 0.15) is 6.42 Å². The molecule has 0 atom stereocenters. The number of benzene rings is 1. The topological polar surface area (TPSA) is 84.5 Å². The molecule has 0 spiro atoms. The summed E-state index contributed by atoms with van der Waals surface area (Å²) in [5, 5.41) is 5.20. The summed E-state index contributed by atoms with van der Waals surface area (Å²) < 4.78 is 4.57. The van der Waals surface area contributed by atoms with E-state index in [4.69, 9.17) is 0 Å². The first kappa shape index (κ1) is 15.7. The second kappa shape index (κ2) is 7.93. The van der Waals surface area contributed by atoms with Gasteiger partial charge in [-0.15, -0.1) is 0 Å². The van der Waals surface area contributed by atoms with Crippen molar-refractivity contribution in [3.63, 3.8) is 0 Å². The molecule has 1 rings (SSSR count). The van der Waals surface area contributed by atoms with Crippen LogP contribution in [0.1, 0.15) is 30.1 Å². The number of carbonyl (C=O) groups excluding carboxylic acids is 3. The van der Waals surface area contributed by atoms with Gasteiger partial charge in [-0.1, -0.05) is 6.92 Å². The summed E-state index contributed by atoms with van der Waals surface area (Å²) >= 11 is 0. The van der Waals surface area contributed by atoms with Gasteiger partial charge in [-0.25, -0.2) is 4.79 Å². The lowest BCUT2D eigenvalue weighted by molar-refractivity contribution is -0.126. The molecular weight excluding hydrogens is 260 g/mol. The monoisotopic (exact) mass is 278 g/mol. The Labute approximate surface area is 117 Å². The van der Waals surface area contributed by atoms with Crippen LogP contribution in [0.25, 0.3) is 0 Å². The van der Waals surface area contributed by atoms with Gasteiger partial charge in [-0.05, 0) is 30.7 Å². The quantitative estimate of drug-likeness (QED) is 0.607. The van der Waals surface area contributed by atoms with E-state index < -0.39 is 11.9 Å². The van der Waals surface area contributed by atoms with Crippen LogP contribution in [0.2, 0.25) is 0 Å². The van der Waals surface area contributed by atoms with Crippen LogP contribution in [0.4, 0.5) is 5.69 Å². The van der Waals surface area contributed by atoms with E-state index >= 15 is 0 Å². The lowest BCUT2D eigenvalue weighted by Crippen LogP contribution is -2.28. The Morgan fingerprint density at radius 3 is 2.30 bits per heavy atom. The van der Waals surface area contributed by atoms with Gasteiger partial charge in [0.25, 0.3) is 0 Å². The van der Waals surface area contributed by atoms with Crippen molar-refractivity contribution in [2.45, 2.75) is 19.8 Å². The Balaban J connectivity index is 2.50. The van der Waals surface area contributed by atoms with Gasteiger partial charge in [0.15, 0.2) is 0 Å². The molecule has 0 aliphatic heterocycles. The van der Waals surface area contributed by atoms with Crippen molar-refractivity contribution in [2.75, 3.05) is 19.0 Å². The first-order chi connectivity index (χ1) is 9.56. The van der Waals surface area contributed by atoms with Crippen LogP contribution in [0.15, 0.2) is 24.3 Å². The largest absolute Gasteiger partial charge is 0.465 e. The van der Waals surface area contributed by atoms with Crippen LogP contribution in [0.3, 0.4) is 0 Å². The lowest BCUT2D eigenvalue weighted by Gasteiger charge is -2.06. The van der Waals surface area contributed by atoms with Gasteiger partial charge in [-0.2, -0.15) is 0 Å². The summed E-state index contributed by atoms with van der Waals surface area (Å²) in [4.78, 5) is 34.2. The number of nitrogens with one attached hydrogen (secondary N) is 2. The van der Waals surface area contributed by atoms with E-state index in [1.165, 1.54) is 7.11 Å². The molecule has 1 aromatic carbocycles. The molecule has 1 aromatic rings. The van der Waals surface area contributed by atoms with E-state index in [-0.39, 0.29) is 12.3 Å². The molecule has 108 valence electrons. The maximum Gasteiger partial charge on any atom is 0.337 e. The Kier molecular flexibility index (Phi) is 6.22. The minimum Gasteiger partial charge on any atom is -0.465 e. The van der Waals surface area contributed by atoms with Crippen molar-refractivity contribution < 1.29 is 19.1 Å². The fraction of sp³-hybridized carbons (Fsp3) is 0.357. The van der Waals surface area contributed by atoms with Crippen LogP contribution >= 0.6 is 0 Å². The number of methoxy groups -OCH3 is 1. The van der Waals surface area contributed by atoms with Crippen LogP contribution in [-0.2, 0) is 14.3 Å². The molecular formula is C14H18N2O4. The molecule has 0 fully saturated rings. The minimum atomic E-state index is -0.443. The zero-order valence-corrected chi connectivity index (χ0v) is 11.6. The van der Waals surface area contributed by atoms with Gasteiger partial charge in [0.2, 0.25) is 11.8 Å². The Morgan fingerprint density at radius 1 is 1.10 bits per heavy atom. The summed E-state index contributed by atoms with van der Waals surface area (Å²) in [5.41, 5.74) is 0.914. The normalized spacial score (nSPS) is 9.70. The second-order valence-corrected chi connectivity index (χ2v) is 4.14. The number of rotatable bonds is 6. The SMILES string of the molecule is CCCNC(=O)CC(=O)Nc1ccc(C(=O)OC)cc1. The molecule has 0 heterocycles. The Morgan fingerprint density at radius 2 is 1.75 bits per heavy atom. The molecule has 0 aromatic heterocycles. The van der Waals surface area contributed by atoms with E-state index in [1.54, 1.807) is 24.3 Å². The van der Waals surface area contributed by atoms with E-state index in [2.05, 4.69) is 15.4 Å². The molecule has 2 N–H and O–H groups in total. The van der Waals surface area contributed by atoms with Crippen molar-refractivity contribution in [1.82, 2.24) is 5.32 Å². The smallest absolute Gasteiger partial charge is 0.337 e. The molecule has 0 saturated heterocycles. The summed E-state index contributed by atoms with van der Waals surface area (Å²) in [6, 6.07) is 6.24. The Bertz CT molecular complexity index is 482. The highest BCUT2D eigenvalue weighted by Gasteiger charge is 2.10. The summed E-state index contributed by atoms with van der Waals surface area (Å²) in [6.45, 7) is 2.49. The predicted molar refractivity (Wildman–Crippen MR) is 74.3 cm³/mol. The summed E-state index contributed by atoms with van der Waals surface area (Å²) in [7, 11) is 1.30. The van der Waals surface area contributed by atoms with Gasteiger partial charge in [0.05, 0.1) is 12.7 Å². The van der Waals surface area contributed by atoms with Gasteiger partial charge < -0.3 is 15.4 Å². The average Bonchev–Trinajstić information content (AvgIpc) is 2.45. The fourth-order valence-corrected chi connectivity index (χ4v) is 1.49. The molecule has 6 heteroatoms. The standard InChI is InChI=1S/C14H18N2O4/c1-3-8-15-12(17)9-13(18)16-11-6-4-10(5-7-11)14(19)20-2/h4-7H,3,8-9H2,1-2H3,(H,15,17)(H,16,18). The highest BCUT2D eigenvalue weighted by Crippen LogP contribution is 2.10. The molecule has 6 nitrogen and oxygen atoms in total. The van der Waals surface area contributed by atoms with Crippen LogP contribution in [0, 0.1) is 0 Å². The van der Waals surface area contributed by atoms with Crippen molar-refractivity contribution in [2.24, 2.45) is 0 Å². The number of amides is 2. The lowest BCUT2D eigenvalue weighted by atomic mass is 10.2. The number of anilines is 1. The van der Waals surface area contributed by atoms with Crippen molar-refractivity contribution >= 4 is 23.5 Å². The molecule has 0 saturated carbocycles.